The monoisotopic (exact) mass is 640 g/mol. The van der Waals surface area contributed by atoms with Gasteiger partial charge in [0.1, 0.15) is 22.8 Å². The molecule has 50 heavy (non-hydrogen) atoms. The first-order chi connectivity index (χ1) is 24.7. The number of rotatable bonds is 4. The van der Waals surface area contributed by atoms with Gasteiger partial charge in [0.05, 0.1) is 27.9 Å². The molecule has 0 fully saturated rings. The summed E-state index contributed by atoms with van der Waals surface area (Å²) >= 11 is 0. The number of nitrogens with zero attached hydrogens (tertiary/aromatic N) is 4. The molecule has 0 aliphatic heterocycles. The molecule has 5 heteroatoms. The molecule has 0 amide bonds. The Hall–Kier alpha value is -6.72. The number of ether oxygens (including phenoxy) is 1. The van der Waals surface area contributed by atoms with Crippen LogP contribution in [0, 0.1) is 6.92 Å². The lowest BCUT2D eigenvalue weighted by molar-refractivity contribution is 0.484. The molecule has 234 valence electrons. The summed E-state index contributed by atoms with van der Waals surface area (Å²) in [5.74, 6) is 1.53. The quantitative estimate of drug-likeness (QED) is 0.180. The van der Waals surface area contributed by atoms with Crippen molar-refractivity contribution in [2.45, 2.75) is 6.92 Å². The molecule has 0 radical (unpaired) electrons. The summed E-state index contributed by atoms with van der Waals surface area (Å²) in [4.78, 5) is 10.1. The van der Waals surface area contributed by atoms with Crippen LogP contribution in [0.5, 0.6) is 11.5 Å². The zero-order valence-corrected chi connectivity index (χ0v) is 27.1. The van der Waals surface area contributed by atoms with E-state index >= 15 is 0 Å². The Morgan fingerprint density at radius 1 is 0.500 bits per heavy atom. The van der Waals surface area contributed by atoms with E-state index in [1.54, 1.807) is 0 Å². The summed E-state index contributed by atoms with van der Waals surface area (Å²) in [5, 5.41) is 8.15. The number of pyridine rings is 2. The molecule has 0 aliphatic carbocycles. The summed E-state index contributed by atoms with van der Waals surface area (Å²) in [7, 11) is 0. The first-order valence-electron chi connectivity index (χ1n) is 16.9. The van der Waals surface area contributed by atoms with E-state index in [1.807, 2.05) is 6.20 Å². The lowest BCUT2D eigenvalue weighted by Gasteiger charge is -2.13. The zero-order chi connectivity index (χ0) is 32.9. The minimum atomic E-state index is 0.763. The molecule has 11 rings (SSSR count). The molecule has 6 aromatic carbocycles. The number of fused-ring (bicyclic) bond motifs is 12. The highest BCUT2D eigenvalue weighted by atomic mass is 16.5. The van der Waals surface area contributed by atoms with Crippen molar-refractivity contribution in [3.63, 3.8) is 0 Å². The molecule has 0 spiro atoms. The van der Waals surface area contributed by atoms with Crippen LogP contribution in [-0.2, 0) is 0 Å². The van der Waals surface area contributed by atoms with Crippen LogP contribution in [0.2, 0.25) is 0 Å². The van der Waals surface area contributed by atoms with Crippen molar-refractivity contribution < 1.29 is 4.74 Å². The molecule has 0 bridgehead atoms. The van der Waals surface area contributed by atoms with Crippen LogP contribution in [0.15, 0.2) is 152 Å². The number of aromatic nitrogens is 4. The Kier molecular flexibility index (Phi) is 5.53. The summed E-state index contributed by atoms with van der Waals surface area (Å²) in [5.41, 5.74) is 10.9. The van der Waals surface area contributed by atoms with Gasteiger partial charge in [-0.15, -0.1) is 0 Å². The Labute approximate surface area is 286 Å². The largest absolute Gasteiger partial charge is 0.457 e. The number of hydrogen-bond donors (Lipinski definition) is 0. The Morgan fingerprint density at radius 3 is 2.02 bits per heavy atom. The van der Waals surface area contributed by atoms with Crippen LogP contribution < -0.4 is 4.74 Å². The van der Waals surface area contributed by atoms with Crippen LogP contribution in [0.25, 0.3) is 87.9 Å². The van der Waals surface area contributed by atoms with Crippen molar-refractivity contribution >= 4 is 65.5 Å². The van der Waals surface area contributed by atoms with E-state index in [2.05, 4.69) is 161 Å². The highest BCUT2D eigenvalue weighted by Gasteiger charge is 2.22. The molecular formula is C45H28N4O. The standard InChI is InChI=1S/C45H28N4O/c1-27-42(29-13-6-3-7-14-29)48-39-18-9-8-15-34(39)33-21-19-30(25-38(33)44(48)47-27)50-31-20-22-35-36-16-10-17-37-41-32(28-11-4-2-5-12-28)23-24-46-45(41)49(43(36)37)40(35)26-31/h2-26H,1H3. The number of aryl methyl sites for hydroxylation is 1. The maximum atomic E-state index is 6.70. The molecule has 0 saturated heterocycles. The minimum absolute atomic E-state index is 0.763. The van der Waals surface area contributed by atoms with Gasteiger partial charge in [-0.3, -0.25) is 8.80 Å². The summed E-state index contributed by atoms with van der Waals surface area (Å²) in [6.07, 6.45) is 1.92. The lowest BCUT2D eigenvalue weighted by atomic mass is 10.0. The highest BCUT2D eigenvalue weighted by molar-refractivity contribution is 6.25. The Balaban J connectivity index is 1.10. The predicted molar refractivity (Wildman–Crippen MR) is 205 cm³/mol. The molecule has 5 heterocycles. The summed E-state index contributed by atoms with van der Waals surface area (Å²) in [6, 6.07) is 51.2. The fourth-order valence-corrected chi connectivity index (χ4v) is 8.19. The van der Waals surface area contributed by atoms with Crippen LogP contribution in [0.4, 0.5) is 0 Å². The van der Waals surface area contributed by atoms with Crippen LogP contribution in [-0.4, -0.2) is 18.8 Å². The molecular weight excluding hydrogens is 613 g/mol. The molecule has 11 aromatic rings. The van der Waals surface area contributed by atoms with Crippen molar-refractivity contribution in [3.05, 3.63) is 157 Å². The third-order valence-corrected chi connectivity index (χ3v) is 10.3. The van der Waals surface area contributed by atoms with Gasteiger partial charge >= 0.3 is 0 Å². The van der Waals surface area contributed by atoms with Gasteiger partial charge < -0.3 is 4.74 Å². The number of imidazole rings is 1. The van der Waals surface area contributed by atoms with E-state index in [0.717, 1.165) is 61.6 Å². The highest BCUT2D eigenvalue weighted by Crippen LogP contribution is 2.43. The van der Waals surface area contributed by atoms with Gasteiger partial charge in [-0.05, 0) is 65.9 Å². The molecule has 0 N–H and O–H groups in total. The summed E-state index contributed by atoms with van der Waals surface area (Å²) < 4.78 is 11.3. The van der Waals surface area contributed by atoms with Gasteiger partial charge in [-0.25, -0.2) is 9.97 Å². The molecule has 0 aliphatic rings. The van der Waals surface area contributed by atoms with E-state index in [0.29, 0.717) is 0 Å². The second-order valence-electron chi connectivity index (χ2n) is 13.0. The number of para-hydroxylation sites is 2. The average molecular weight is 641 g/mol. The molecule has 0 atom stereocenters. The average Bonchev–Trinajstić information content (AvgIpc) is 3.82. The zero-order valence-electron chi connectivity index (χ0n) is 27.1. The number of benzene rings is 6. The van der Waals surface area contributed by atoms with Crippen molar-refractivity contribution in [1.82, 2.24) is 18.8 Å². The molecule has 5 nitrogen and oxygen atoms in total. The maximum absolute atomic E-state index is 6.70. The smallest absolute Gasteiger partial charge is 0.146 e. The van der Waals surface area contributed by atoms with E-state index < -0.39 is 0 Å². The fraction of sp³-hybridized carbons (Fsp3) is 0.0222. The van der Waals surface area contributed by atoms with E-state index in [-0.39, 0.29) is 0 Å². The van der Waals surface area contributed by atoms with Gasteiger partial charge in [0, 0.05) is 50.1 Å². The van der Waals surface area contributed by atoms with Gasteiger partial charge in [-0.1, -0.05) is 97.1 Å². The predicted octanol–water partition coefficient (Wildman–Crippen LogP) is 11.6. The minimum Gasteiger partial charge on any atom is -0.457 e. The second kappa shape index (κ2) is 10.1. The third kappa shape index (κ3) is 3.71. The summed E-state index contributed by atoms with van der Waals surface area (Å²) in [6.45, 7) is 2.10. The maximum Gasteiger partial charge on any atom is 0.146 e. The van der Waals surface area contributed by atoms with Crippen LogP contribution >= 0.6 is 0 Å². The first kappa shape index (κ1) is 27.3. The Morgan fingerprint density at radius 2 is 1.18 bits per heavy atom. The van der Waals surface area contributed by atoms with E-state index in [1.165, 1.54) is 43.6 Å². The molecule has 5 aromatic heterocycles. The van der Waals surface area contributed by atoms with Crippen molar-refractivity contribution in [2.75, 3.05) is 0 Å². The van der Waals surface area contributed by atoms with Crippen LogP contribution in [0.3, 0.4) is 0 Å². The number of hydrogen-bond acceptors (Lipinski definition) is 3. The second-order valence-corrected chi connectivity index (χ2v) is 13.0. The van der Waals surface area contributed by atoms with Gasteiger partial charge in [0.2, 0.25) is 0 Å². The van der Waals surface area contributed by atoms with Gasteiger partial charge in [-0.2, -0.15) is 0 Å². The van der Waals surface area contributed by atoms with Crippen molar-refractivity contribution in [3.8, 4) is 33.9 Å². The van der Waals surface area contributed by atoms with Crippen LogP contribution in [0.1, 0.15) is 5.69 Å². The van der Waals surface area contributed by atoms with E-state index in [9.17, 15) is 0 Å². The van der Waals surface area contributed by atoms with Gasteiger partial charge in [0.15, 0.2) is 0 Å². The fourth-order valence-electron chi connectivity index (χ4n) is 8.19. The third-order valence-electron chi connectivity index (χ3n) is 10.3. The Bertz CT molecular complexity index is 3120. The SMILES string of the molecule is Cc1nc2c3cc(Oc4ccc5c6cccc7c8c(-c9ccccc9)ccnc8n(c5c4)c67)ccc3c3ccccc3n2c1-c1ccccc1. The normalized spacial score (nSPS) is 12.1. The lowest BCUT2D eigenvalue weighted by Crippen LogP contribution is -1.94. The van der Waals surface area contributed by atoms with Crippen molar-refractivity contribution in [1.29, 1.82) is 0 Å². The topological polar surface area (TPSA) is 43.8 Å². The molecule has 0 unspecified atom stereocenters. The first-order valence-corrected chi connectivity index (χ1v) is 16.9. The van der Waals surface area contributed by atoms with Gasteiger partial charge in [0.25, 0.3) is 0 Å². The van der Waals surface area contributed by atoms with E-state index in [4.69, 9.17) is 14.7 Å². The van der Waals surface area contributed by atoms with Crippen molar-refractivity contribution in [2.24, 2.45) is 0 Å². The molecule has 0 saturated carbocycles.